The molecule has 0 spiro atoms. The highest BCUT2D eigenvalue weighted by Gasteiger charge is 2.02. The van der Waals surface area contributed by atoms with E-state index < -0.39 is 0 Å². The highest BCUT2D eigenvalue weighted by atomic mass is 14.7. The lowest BCUT2D eigenvalue weighted by molar-refractivity contribution is 0.667. The van der Waals surface area contributed by atoms with Gasteiger partial charge in [0.15, 0.2) is 0 Å². The Hall–Kier alpha value is -2.92. The fourth-order valence-electron chi connectivity index (χ4n) is 3.39. The number of hydrogen-bond acceptors (Lipinski definition) is 2. The van der Waals surface area contributed by atoms with Crippen LogP contribution in [0.4, 0.5) is 0 Å². The number of benzene rings is 2. The van der Waals surface area contributed by atoms with Gasteiger partial charge in [-0.15, -0.1) is 0 Å². The van der Waals surface area contributed by atoms with Crippen molar-refractivity contribution in [2.45, 2.75) is 51.9 Å². The topological polar surface area (TPSA) is 36.7 Å². The molecule has 28 heavy (non-hydrogen) atoms. The lowest BCUT2D eigenvalue weighted by Gasteiger charge is -2.06. The fourth-order valence-corrected chi connectivity index (χ4v) is 3.39. The molecule has 142 valence electrons. The standard InChI is InChI=1S/C26H28N2/c1-2-3-4-5-6-21-7-9-22(10-8-21)11-12-23-13-16-25(17-14-23)26-18-15-24(19-27)20-28-26/h7-10,13-18,20H,2-6,11-12H2,1H3. The monoisotopic (exact) mass is 368 g/mol. The molecule has 0 bridgehead atoms. The Morgan fingerprint density at radius 3 is 1.86 bits per heavy atom. The van der Waals surface area contributed by atoms with Gasteiger partial charge in [0.05, 0.1) is 11.3 Å². The number of aromatic nitrogens is 1. The molecule has 0 saturated heterocycles. The molecule has 0 aliphatic heterocycles. The maximum absolute atomic E-state index is 8.87. The van der Waals surface area contributed by atoms with Crippen molar-refractivity contribution in [1.29, 1.82) is 5.26 Å². The number of nitrogens with zero attached hydrogens (tertiary/aromatic N) is 2. The van der Waals surface area contributed by atoms with E-state index in [2.05, 4.69) is 66.5 Å². The quantitative estimate of drug-likeness (QED) is 0.403. The zero-order chi connectivity index (χ0) is 19.6. The van der Waals surface area contributed by atoms with Crippen LogP contribution >= 0.6 is 0 Å². The molecular weight excluding hydrogens is 340 g/mol. The highest BCUT2D eigenvalue weighted by molar-refractivity contribution is 5.59. The zero-order valence-corrected chi connectivity index (χ0v) is 16.7. The first-order chi connectivity index (χ1) is 13.8. The van der Waals surface area contributed by atoms with Gasteiger partial charge in [-0.3, -0.25) is 4.98 Å². The van der Waals surface area contributed by atoms with E-state index in [0.717, 1.165) is 24.1 Å². The van der Waals surface area contributed by atoms with Gasteiger partial charge in [0.1, 0.15) is 6.07 Å². The average Bonchev–Trinajstić information content (AvgIpc) is 2.76. The second-order valence-electron chi connectivity index (χ2n) is 7.37. The molecular formula is C26H28N2. The van der Waals surface area contributed by atoms with Gasteiger partial charge in [-0.1, -0.05) is 74.7 Å². The normalized spacial score (nSPS) is 10.6. The van der Waals surface area contributed by atoms with Crippen LogP contribution in [0, 0.1) is 11.3 Å². The third-order valence-corrected chi connectivity index (χ3v) is 5.19. The van der Waals surface area contributed by atoms with Crippen molar-refractivity contribution in [3.63, 3.8) is 0 Å². The van der Waals surface area contributed by atoms with E-state index in [9.17, 15) is 0 Å². The van der Waals surface area contributed by atoms with Gasteiger partial charge >= 0.3 is 0 Å². The van der Waals surface area contributed by atoms with Crippen LogP contribution in [0.5, 0.6) is 0 Å². The number of nitriles is 1. The maximum atomic E-state index is 8.87. The Morgan fingerprint density at radius 1 is 0.714 bits per heavy atom. The average molecular weight is 369 g/mol. The van der Waals surface area contributed by atoms with Crippen molar-refractivity contribution in [3.05, 3.63) is 89.1 Å². The summed E-state index contributed by atoms with van der Waals surface area (Å²) in [6.07, 6.45) is 10.2. The van der Waals surface area contributed by atoms with E-state index in [4.69, 9.17) is 5.26 Å². The summed E-state index contributed by atoms with van der Waals surface area (Å²) in [5.41, 5.74) is 6.77. The molecule has 0 radical (unpaired) electrons. The summed E-state index contributed by atoms with van der Waals surface area (Å²) in [4.78, 5) is 4.36. The first kappa shape index (κ1) is 19.8. The molecule has 3 aromatic rings. The summed E-state index contributed by atoms with van der Waals surface area (Å²) in [5.74, 6) is 0. The molecule has 0 atom stereocenters. The molecule has 3 rings (SSSR count). The van der Waals surface area contributed by atoms with Crippen molar-refractivity contribution in [2.24, 2.45) is 0 Å². The summed E-state index contributed by atoms with van der Waals surface area (Å²) >= 11 is 0. The summed E-state index contributed by atoms with van der Waals surface area (Å²) in [6.45, 7) is 2.26. The number of rotatable bonds is 9. The minimum atomic E-state index is 0.590. The van der Waals surface area contributed by atoms with Crippen molar-refractivity contribution in [2.75, 3.05) is 0 Å². The molecule has 0 unspecified atom stereocenters. The van der Waals surface area contributed by atoms with Gasteiger partial charge in [0.25, 0.3) is 0 Å². The summed E-state index contributed by atoms with van der Waals surface area (Å²) in [7, 11) is 0. The first-order valence-electron chi connectivity index (χ1n) is 10.3. The Labute approximate surface area is 168 Å². The second-order valence-corrected chi connectivity index (χ2v) is 7.37. The van der Waals surface area contributed by atoms with E-state index >= 15 is 0 Å². The largest absolute Gasteiger partial charge is 0.255 e. The minimum absolute atomic E-state index is 0.590. The summed E-state index contributed by atoms with van der Waals surface area (Å²) in [5, 5.41) is 8.87. The lowest BCUT2D eigenvalue weighted by atomic mass is 10.00. The van der Waals surface area contributed by atoms with Crippen molar-refractivity contribution >= 4 is 0 Å². The molecule has 2 heteroatoms. The highest BCUT2D eigenvalue weighted by Crippen LogP contribution is 2.19. The van der Waals surface area contributed by atoms with Gasteiger partial charge in [-0.05, 0) is 54.5 Å². The Morgan fingerprint density at radius 2 is 1.32 bits per heavy atom. The summed E-state index contributed by atoms with van der Waals surface area (Å²) in [6, 6.07) is 23.5. The van der Waals surface area contributed by atoms with Crippen LogP contribution in [0.1, 0.15) is 54.9 Å². The van der Waals surface area contributed by atoms with Crippen LogP contribution in [0.3, 0.4) is 0 Å². The fraction of sp³-hybridized carbons (Fsp3) is 0.308. The Balaban J connectivity index is 1.51. The molecule has 2 aromatic carbocycles. The van der Waals surface area contributed by atoms with Gasteiger partial charge in [-0.25, -0.2) is 0 Å². The van der Waals surface area contributed by atoms with E-state index in [0.29, 0.717) is 5.56 Å². The molecule has 0 saturated carbocycles. The number of hydrogen-bond donors (Lipinski definition) is 0. The molecule has 0 aliphatic carbocycles. The Kier molecular flexibility index (Phi) is 7.38. The van der Waals surface area contributed by atoms with Crippen LogP contribution in [0.15, 0.2) is 66.9 Å². The van der Waals surface area contributed by atoms with Crippen LogP contribution in [0.2, 0.25) is 0 Å². The number of pyridine rings is 1. The van der Waals surface area contributed by atoms with E-state index in [1.165, 1.54) is 48.8 Å². The van der Waals surface area contributed by atoms with Crippen LogP contribution in [0.25, 0.3) is 11.3 Å². The SMILES string of the molecule is CCCCCCc1ccc(CCc2ccc(-c3ccc(C#N)cn3)cc2)cc1. The molecule has 0 fully saturated rings. The molecule has 0 amide bonds. The van der Waals surface area contributed by atoms with Crippen molar-refractivity contribution in [3.8, 4) is 17.3 Å². The minimum Gasteiger partial charge on any atom is -0.255 e. The Bertz CT molecular complexity index is 885. The van der Waals surface area contributed by atoms with Crippen LogP contribution in [-0.4, -0.2) is 4.98 Å². The second kappa shape index (κ2) is 10.4. The lowest BCUT2D eigenvalue weighted by Crippen LogP contribution is -1.93. The summed E-state index contributed by atoms with van der Waals surface area (Å²) < 4.78 is 0. The van der Waals surface area contributed by atoms with E-state index in [-0.39, 0.29) is 0 Å². The van der Waals surface area contributed by atoms with Gasteiger partial charge < -0.3 is 0 Å². The van der Waals surface area contributed by atoms with Gasteiger partial charge in [-0.2, -0.15) is 5.26 Å². The smallest absolute Gasteiger partial charge is 0.101 e. The molecule has 2 nitrogen and oxygen atoms in total. The third-order valence-electron chi connectivity index (χ3n) is 5.19. The van der Waals surface area contributed by atoms with Crippen molar-refractivity contribution in [1.82, 2.24) is 4.98 Å². The predicted molar refractivity (Wildman–Crippen MR) is 116 cm³/mol. The van der Waals surface area contributed by atoms with Crippen LogP contribution in [-0.2, 0) is 19.3 Å². The van der Waals surface area contributed by atoms with E-state index in [1.54, 1.807) is 6.20 Å². The van der Waals surface area contributed by atoms with E-state index in [1.807, 2.05) is 12.1 Å². The first-order valence-corrected chi connectivity index (χ1v) is 10.3. The van der Waals surface area contributed by atoms with Gasteiger partial charge in [0, 0.05) is 11.8 Å². The third kappa shape index (κ3) is 5.79. The molecule has 0 aliphatic rings. The predicted octanol–water partition coefficient (Wildman–Crippen LogP) is 6.53. The van der Waals surface area contributed by atoms with Crippen molar-refractivity contribution < 1.29 is 0 Å². The molecule has 0 N–H and O–H groups in total. The number of unbranched alkanes of at least 4 members (excludes halogenated alkanes) is 3. The number of aryl methyl sites for hydroxylation is 3. The zero-order valence-electron chi connectivity index (χ0n) is 16.7. The molecule has 1 heterocycles. The van der Waals surface area contributed by atoms with Crippen LogP contribution < -0.4 is 0 Å². The molecule has 1 aromatic heterocycles. The van der Waals surface area contributed by atoms with Gasteiger partial charge in [0.2, 0.25) is 0 Å². The maximum Gasteiger partial charge on any atom is 0.101 e.